The van der Waals surface area contributed by atoms with Gasteiger partial charge in [-0.05, 0) is 0 Å². The average Bonchev–Trinajstić information content (AvgIpc) is 2.51. The smallest absolute Gasteiger partial charge is 0.380 e. The fourth-order valence-corrected chi connectivity index (χ4v) is 1.56. The number of carboxylic acids is 1. The molecular weight excluding hydrogens is 230 g/mol. The lowest BCUT2D eigenvalue weighted by molar-refractivity contribution is -0.165. The second-order valence-electron chi connectivity index (χ2n) is 2.59. The summed E-state index contributed by atoms with van der Waals surface area (Å²) in [5, 5.41) is 10.3. The molecule has 0 unspecified atom stereocenters. The Hall–Kier alpha value is -1.57. The molecule has 82 valence electrons. The van der Waals surface area contributed by atoms with E-state index in [2.05, 4.69) is 10.3 Å². The van der Waals surface area contributed by atoms with Crippen molar-refractivity contribution in [3.05, 3.63) is 11.1 Å². The SMILES string of the molecule is CC(=O)Nc1ncc(C(F)(F)C(=O)O)s1. The van der Waals surface area contributed by atoms with Gasteiger partial charge in [-0.15, -0.1) is 0 Å². The summed E-state index contributed by atoms with van der Waals surface area (Å²) in [7, 11) is 0. The molecule has 0 aliphatic heterocycles. The van der Waals surface area contributed by atoms with Gasteiger partial charge in [-0.1, -0.05) is 11.3 Å². The molecule has 0 aliphatic rings. The van der Waals surface area contributed by atoms with Crippen molar-refractivity contribution in [3.63, 3.8) is 0 Å². The summed E-state index contributed by atoms with van der Waals surface area (Å²) in [5.74, 6) is -6.69. The number of thiazole rings is 1. The number of amides is 1. The lowest BCUT2D eigenvalue weighted by atomic mass is 10.3. The average molecular weight is 236 g/mol. The fraction of sp³-hybridized carbons (Fsp3) is 0.286. The lowest BCUT2D eigenvalue weighted by Crippen LogP contribution is -2.23. The van der Waals surface area contributed by atoms with Crippen molar-refractivity contribution in [1.82, 2.24) is 4.98 Å². The van der Waals surface area contributed by atoms with Crippen molar-refractivity contribution in [3.8, 4) is 0 Å². The zero-order chi connectivity index (χ0) is 11.6. The van der Waals surface area contributed by atoms with E-state index in [0.29, 0.717) is 11.3 Å². The summed E-state index contributed by atoms with van der Waals surface area (Å²) in [6.45, 7) is 1.19. The number of carbonyl (C=O) groups is 2. The minimum atomic E-state index is -3.98. The molecule has 0 spiro atoms. The highest BCUT2D eigenvalue weighted by Crippen LogP contribution is 2.34. The maximum absolute atomic E-state index is 12.9. The van der Waals surface area contributed by atoms with Gasteiger partial charge in [0.25, 0.3) is 0 Å². The highest BCUT2D eigenvalue weighted by atomic mass is 32.1. The predicted molar refractivity (Wildman–Crippen MR) is 47.9 cm³/mol. The van der Waals surface area contributed by atoms with Crippen LogP contribution in [-0.2, 0) is 15.5 Å². The fourth-order valence-electron chi connectivity index (χ4n) is 0.733. The molecule has 1 amide bonds. The molecule has 2 N–H and O–H groups in total. The number of carboxylic acid groups (broad SMARTS) is 1. The van der Waals surface area contributed by atoms with Crippen molar-refractivity contribution >= 4 is 28.3 Å². The molecule has 0 bridgehead atoms. The molecule has 0 fully saturated rings. The molecule has 0 aromatic carbocycles. The molecule has 1 rings (SSSR count). The Morgan fingerprint density at radius 2 is 2.20 bits per heavy atom. The van der Waals surface area contributed by atoms with E-state index in [1.165, 1.54) is 6.92 Å². The maximum Gasteiger partial charge on any atom is 0.380 e. The summed E-state index contributed by atoms with van der Waals surface area (Å²) in [6, 6.07) is 0. The van der Waals surface area contributed by atoms with E-state index in [1.807, 2.05) is 0 Å². The zero-order valence-corrected chi connectivity index (χ0v) is 8.27. The van der Waals surface area contributed by atoms with Gasteiger partial charge in [0, 0.05) is 6.92 Å². The van der Waals surface area contributed by atoms with Crippen molar-refractivity contribution in [2.75, 3.05) is 5.32 Å². The van der Waals surface area contributed by atoms with Crippen LogP contribution in [0.3, 0.4) is 0 Å². The van der Waals surface area contributed by atoms with Gasteiger partial charge >= 0.3 is 11.9 Å². The van der Waals surface area contributed by atoms with Crippen LogP contribution in [0.2, 0.25) is 0 Å². The van der Waals surface area contributed by atoms with Crippen LogP contribution in [0.15, 0.2) is 6.20 Å². The first kappa shape index (κ1) is 11.5. The highest BCUT2D eigenvalue weighted by Gasteiger charge is 2.43. The number of aliphatic carboxylic acids is 1. The molecule has 5 nitrogen and oxygen atoms in total. The van der Waals surface area contributed by atoms with Crippen LogP contribution in [0.5, 0.6) is 0 Å². The Balaban J connectivity index is 2.93. The third kappa shape index (κ3) is 2.46. The first-order chi connectivity index (χ1) is 6.84. The van der Waals surface area contributed by atoms with Crippen LogP contribution in [-0.4, -0.2) is 22.0 Å². The van der Waals surface area contributed by atoms with Crippen LogP contribution in [0.1, 0.15) is 11.8 Å². The van der Waals surface area contributed by atoms with Crippen molar-refractivity contribution in [1.29, 1.82) is 0 Å². The van der Waals surface area contributed by atoms with E-state index >= 15 is 0 Å². The van der Waals surface area contributed by atoms with E-state index in [1.54, 1.807) is 0 Å². The van der Waals surface area contributed by atoms with Gasteiger partial charge in [0.1, 0.15) is 4.88 Å². The van der Waals surface area contributed by atoms with Crippen molar-refractivity contribution in [2.24, 2.45) is 0 Å². The molecule has 1 heterocycles. The number of hydrogen-bond donors (Lipinski definition) is 2. The molecule has 0 aliphatic carbocycles. The van der Waals surface area contributed by atoms with Gasteiger partial charge in [-0.2, -0.15) is 8.78 Å². The molecule has 0 radical (unpaired) electrons. The van der Waals surface area contributed by atoms with Crippen LogP contribution in [0.4, 0.5) is 13.9 Å². The Morgan fingerprint density at radius 3 is 2.67 bits per heavy atom. The minimum Gasteiger partial charge on any atom is -0.477 e. The Bertz CT molecular complexity index is 405. The first-order valence-electron chi connectivity index (χ1n) is 3.69. The summed E-state index contributed by atoms with van der Waals surface area (Å²) < 4.78 is 25.8. The highest BCUT2D eigenvalue weighted by molar-refractivity contribution is 7.16. The summed E-state index contributed by atoms with van der Waals surface area (Å²) in [6.07, 6.45) is 0.726. The van der Waals surface area contributed by atoms with E-state index < -0.39 is 22.7 Å². The topological polar surface area (TPSA) is 79.3 Å². The number of halogens is 2. The normalized spacial score (nSPS) is 11.1. The maximum atomic E-state index is 12.9. The summed E-state index contributed by atoms with van der Waals surface area (Å²) in [5.41, 5.74) is 0. The van der Waals surface area contributed by atoms with E-state index in [4.69, 9.17) is 5.11 Å². The molecule has 15 heavy (non-hydrogen) atoms. The van der Waals surface area contributed by atoms with Gasteiger partial charge in [-0.3, -0.25) is 4.79 Å². The standard InChI is InChI=1S/C7H6F2N2O3S/c1-3(12)11-6-10-2-4(15-6)7(8,9)5(13)14/h2H,1H3,(H,13,14)(H,10,11,12). The molecule has 0 saturated carbocycles. The second-order valence-corrected chi connectivity index (χ2v) is 3.62. The Morgan fingerprint density at radius 1 is 1.60 bits per heavy atom. The van der Waals surface area contributed by atoms with Crippen LogP contribution >= 0.6 is 11.3 Å². The predicted octanol–water partition coefficient (Wildman–Crippen LogP) is 1.28. The second kappa shape index (κ2) is 3.89. The van der Waals surface area contributed by atoms with Gasteiger partial charge < -0.3 is 10.4 Å². The first-order valence-corrected chi connectivity index (χ1v) is 4.51. The largest absolute Gasteiger partial charge is 0.477 e. The number of rotatable bonds is 3. The third-order valence-electron chi connectivity index (χ3n) is 1.37. The van der Waals surface area contributed by atoms with Crippen LogP contribution in [0.25, 0.3) is 0 Å². The number of anilines is 1. The molecule has 0 saturated heterocycles. The minimum absolute atomic E-state index is 0.0570. The zero-order valence-electron chi connectivity index (χ0n) is 7.45. The number of aromatic nitrogens is 1. The van der Waals surface area contributed by atoms with E-state index in [0.717, 1.165) is 6.20 Å². The number of carbonyl (C=O) groups excluding carboxylic acids is 1. The van der Waals surface area contributed by atoms with Crippen LogP contribution in [0, 0.1) is 0 Å². The number of nitrogens with zero attached hydrogens (tertiary/aromatic N) is 1. The molecule has 1 aromatic rings. The summed E-state index contributed by atoms with van der Waals surface area (Å²) in [4.78, 5) is 23.5. The molecule has 1 aromatic heterocycles. The Labute approximate surface area is 86.7 Å². The van der Waals surface area contributed by atoms with Gasteiger partial charge in [-0.25, -0.2) is 9.78 Å². The monoisotopic (exact) mass is 236 g/mol. The van der Waals surface area contributed by atoms with Gasteiger partial charge in [0.15, 0.2) is 5.13 Å². The summed E-state index contributed by atoms with van der Waals surface area (Å²) >= 11 is 0.423. The van der Waals surface area contributed by atoms with Gasteiger partial charge in [0.2, 0.25) is 5.91 Å². The Kier molecular flexibility index (Phi) is 2.98. The van der Waals surface area contributed by atoms with Gasteiger partial charge in [0.05, 0.1) is 6.20 Å². The third-order valence-corrected chi connectivity index (χ3v) is 2.35. The quantitative estimate of drug-likeness (QED) is 0.828. The number of hydrogen-bond acceptors (Lipinski definition) is 4. The molecule has 8 heteroatoms. The van der Waals surface area contributed by atoms with Crippen molar-refractivity contribution < 1.29 is 23.5 Å². The van der Waals surface area contributed by atoms with E-state index in [-0.39, 0.29) is 5.13 Å². The molecule has 0 atom stereocenters. The van der Waals surface area contributed by atoms with E-state index in [9.17, 15) is 18.4 Å². The van der Waals surface area contributed by atoms with Crippen molar-refractivity contribution in [2.45, 2.75) is 12.8 Å². The number of nitrogens with one attached hydrogen (secondary N) is 1. The molecular formula is C7H6F2N2O3S. The lowest BCUT2D eigenvalue weighted by Gasteiger charge is -2.06. The number of alkyl halides is 2. The van der Waals surface area contributed by atoms with Crippen LogP contribution < -0.4 is 5.32 Å².